The lowest BCUT2D eigenvalue weighted by Crippen LogP contribution is -2.63. The van der Waals surface area contributed by atoms with Crippen LogP contribution < -0.4 is 0 Å². The third-order valence-corrected chi connectivity index (χ3v) is 3.44. The lowest BCUT2D eigenvalue weighted by Gasteiger charge is -2.55. The van der Waals surface area contributed by atoms with Gasteiger partial charge in [0.05, 0.1) is 5.60 Å². The quantitative estimate of drug-likeness (QED) is 0.671. The molecular formula is C13H29NO. The third-order valence-electron chi connectivity index (χ3n) is 3.44. The Balaban J connectivity index is 0.000000921. The highest BCUT2D eigenvalue weighted by Gasteiger charge is 2.47. The monoisotopic (exact) mass is 215 g/mol. The van der Waals surface area contributed by atoms with Crippen LogP contribution in [0, 0.1) is 0 Å². The van der Waals surface area contributed by atoms with Gasteiger partial charge in [-0.1, -0.05) is 13.8 Å². The van der Waals surface area contributed by atoms with Crippen LogP contribution in [0.15, 0.2) is 0 Å². The number of aliphatic hydroxyl groups is 1. The molecule has 0 amide bonds. The molecule has 1 saturated heterocycles. The molecule has 0 aromatic carbocycles. The SMILES string of the molecule is CC.CN1C(C)(C)CC(C)(O)CC1(C)C. The Morgan fingerprint density at radius 2 is 1.13 bits per heavy atom. The summed E-state index contributed by atoms with van der Waals surface area (Å²) in [6.07, 6.45) is 1.69. The molecule has 2 nitrogen and oxygen atoms in total. The van der Waals surface area contributed by atoms with Crippen LogP contribution in [0.3, 0.4) is 0 Å². The summed E-state index contributed by atoms with van der Waals surface area (Å²) in [6.45, 7) is 14.7. The van der Waals surface area contributed by atoms with Crippen molar-refractivity contribution in [2.24, 2.45) is 0 Å². The Hall–Kier alpha value is -0.0800. The van der Waals surface area contributed by atoms with Crippen molar-refractivity contribution < 1.29 is 5.11 Å². The van der Waals surface area contributed by atoms with Crippen molar-refractivity contribution in [2.75, 3.05) is 7.05 Å². The minimum Gasteiger partial charge on any atom is -0.390 e. The molecule has 0 radical (unpaired) electrons. The van der Waals surface area contributed by atoms with E-state index in [1.165, 1.54) is 0 Å². The van der Waals surface area contributed by atoms with Gasteiger partial charge in [0.1, 0.15) is 0 Å². The molecule has 0 atom stereocenters. The molecule has 1 aliphatic heterocycles. The Kier molecular flexibility index (Phi) is 4.40. The Bertz CT molecular complexity index is 187. The van der Waals surface area contributed by atoms with Crippen molar-refractivity contribution in [1.82, 2.24) is 4.90 Å². The van der Waals surface area contributed by atoms with E-state index in [9.17, 15) is 5.11 Å². The van der Waals surface area contributed by atoms with E-state index >= 15 is 0 Å². The van der Waals surface area contributed by atoms with E-state index in [1.54, 1.807) is 0 Å². The topological polar surface area (TPSA) is 23.5 Å². The molecule has 0 aromatic heterocycles. The molecule has 0 saturated carbocycles. The molecular weight excluding hydrogens is 186 g/mol. The highest BCUT2D eigenvalue weighted by molar-refractivity contribution is 5.03. The normalized spacial score (nSPS) is 27.8. The average molecular weight is 215 g/mol. The smallest absolute Gasteiger partial charge is 0.0654 e. The van der Waals surface area contributed by atoms with Crippen LogP contribution >= 0.6 is 0 Å². The number of nitrogens with zero attached hydrogens (tertiary/aromatic N) is 1. The minimum absolute atomic E-state index is 0.0885. The van der Waals surface area contributed by atoms with Gasteiger partial charge in [0.2, 0.25) is 0 Å². The van der Waals surface area contributed by atoms with Crippen molar-refractivity contribution >= 4 is 0 Å². The number of likely N-dealkylation sites (tertiary alicyclic amines) is 1. The second kappa shape index (κ2) is 4.42. The van der Waals surface area contributed by atoms with Crippen LogP contribution in [0.4, 0.5) is 0 Å². The molecule has 0 unspecified atom stereocenters. The number of hydrogen-bond donors (Lipinski definition) is 1. The maximum Gasteiger partial charge on any atom is 0.0654 e. The summed E-state index contributed by atoms with van der Waals surface area (Å²) < 4.78 is 0. The van der Waals surface area contributed by atoms with Crippen LogP contribution in [0.25, 0.3) is 0 Å². The Morgan fingerprint density at radius 3 is 1.40 bits per heavy atom. The van der Waals surface area contributed by atoms with E-state index in [0.29, 0.717) is 0 Å². The number of hydrogen-bond acceptors (Lipinski definition) is 2. The van der Waals surface area contributed by atoms with Gasteiger partial charge in [-0.2, -0.15) is 0 Å². The largest absolute Gasteiger partial charge is 0.390 e. The lowest BCUT2D eigenvalue weighted by atomic mass is 9.72. The molecule has 15 heavy (non-hydrogen) atoms. The fraction of sp³-hybridized carbons (Fsp3) is 1.00. The first-order chi connectivity index (χ1) is 6.57. The molecule has 0 bridgehead atoms. The second-order valence-corrected chi connectivity index (χ2v) is 6.03. The van der Waals surface area contributed by atoms with Crippen LogP contribution in [0.2, 0.25) is 0 Å². The lowest BCUT2D eigenvalue weighted by molar-refractivity contribution is -0.114. The molecule has 1 N–H and O–H groups in total. The first kappa shape index (κ1) is 14.9. The molecule has 0 aromatic rings. The highest BCUT2D eigenvalue weighted by atomic mass is 16.3. The van der Waals surface area contributed by atoms with Crippen LogP contribution in [0.5, 0.6) is 0 Å². The van der Waals surface area contributed by atoms with Crippen LogP contribution in [0.1, 0.15) is 61.3 Å². The Morgan fingerprint density at radius 1 is 0.867 bits per heavy atom. The van der Waals surface area contributed by atoms with Gasteiger partial charge in [-0.15, -0.1) is 0 Å². The Labute approximate surface area is 95.7 Å². The van der Waals surface area contributed by atoms with Gasteiger partial charge < -0.3 is 5.11 Å². The molecule has 92 valence electrons. The van der Waals surface area contributed by atoms with E-state index in [0.717, 1.165) is 12.8 Å². The fourth-order valence-electron chi connectivity index (χ4n) is 2.98. The van der Waals surface area contributed by atoms with Crippen molar-refractivity contribution in [1.29, 1.82) is 0 Å². The van der Waals surface area contributed by atoms with Crippen LogP contribution in [-0.2, 0) is 0 Å². The van der Waals surface area contributed by atoms with E-state index < -0.39 is 5.60 Å². The molecule has 0 aliphatic carbocycles. The van der Waals surface area contributed by atoms with Gasteiger partial charge in [0.15, 0.2) is 0 Å². The molecule has 1 rings (SSSR count). The van der Waals surface area contributed by atoms with Crippen molar-refractivity contribution in [2.45, 2.75) is 78.0 Å². The predicted molar refractivity (Wildman–Crippen MR) is 67.1 cm³/mol. The summed E-state index contributed by atoms with van der Waals surface area (Å²) in [6, 6.07) is 0. The molecule has 1 heterocycles. The summed E-state index contributed by atoms with van der Waals surface area (Å²) in [5.41, 5.74) is -0.337. The van der Waals surface area contributed by atoms with Gasteiger partial charge >= 0.3 is 0 Å². The number of rotatable bonds is 0. The van der Waals surface area contributed by atoms with E-state index in [-0.39, 0.29) is 11.1 Å². The van der Waals surface area contributed by atoms with Crippen molar-refractivity contribution in [3.05, 3.63) is 0 Å². The zero-order valence-corrected chi connectivity index (χ0v) is 11.8. The average Bonchev–Trinajstić information content (AvgIpc) is 2.00. The maximum atomic E-state index is 10.1. The first-order valence-corrected chi connectivity index (χ1v) is 6.03. The van der Waals surface area contributed by atoms with Crippen molar-refractivity contribution in [3.8, 4) is 0 Å². The number of piperidine rings is 1. The van der Waals surface area contributed by atoms with Crippen LogP contribution in [-0.4, -0.2) is 33.7 Å². The summed E-state index contributed by atoms with van der Waals surface area (Å²) in [5.74, 6) is 0. The zero-order valence-electron chi connectivity index (χ0n) is 11.8. The van der Waals surface area contributed by atoms with Crippen molar-refractivity contribution in [3.63, 3.8) is 0 Å². The summed E-state index contributed by atoms with van der Waals surface area (Å²) >= 11 is 0. The standard InChI is InChI=1S/C11H23NO.C2H6/c1-9(2)7-11(5,13)8-10(3,4)12(9)6;1-2/h13H,7-8H2,1-6H3;1-2H3. The van der Waals surface area contributed by atoms with E-state index in [4.69, 9.17) is 0 Å². The molecule has 0 spiro atoms. The van der Waals surface area contributed by atoms with Gasteiger partial charge in [0, 0.05) is 11.1 Å². The molecule has 1 aliphatic rings. The summed E-state index contributed by atoms with van der Waals surface area (Å²) in [4.78, 5) is 2.37. The first-order valence-electron chi connectivity index (χ1n) is 6.03. The van der Waals surface area contributed by atoms with E-state index in [2.05, 4.69) is 39.6 Å². The third kappa shape index (κ3) is 3.46. The minimum atomic E-state index is -0.514. The van der Waals surface area contributed by atoms with Gasteiger partial charge in [-0.05, 0) is 54.5 Å². The summed E-state index contributed by atoms with van der Waals surface area (Å²) in [5, 5.41) is 10.1. The van der Waals surface area contributed by atoms with Gasteiger partial charge in [-0.3, -0.25) is 4.90 Å². The zero-order chi connectivity index (χ0) is 12.5. The predicted octanol–water partition coefficient (Wildman–Crippen LogP) is 3.05. The molecule has 2 heteroatoms. The van der Waals surface area contributed by atoms with E-state index in [1.807, 2.05) is 20.8 Å². The fourth-order valence-corrected chi connectivity index (χ4v) is 2.98. The highest BCUT2D eigenvalue weighted by Crippen LogP contribution is 2.41. The van der Waals surface area contributed by atoms with Gasteiger partial charge in [-0.25, -0.2) is 0 Å². The second-order valence-electron chi connectivity index (χ2n) is 6.03. The van der Waals surface area contributed by atoms with Gasteiger partial charge in [0.25, 0.3) is 0 Å². The summed E-state index contributed by atoms with van der Waals surface area (Å²) in [7, 11) is 2.15. The maximum absolute atomic E-state index is 10.1. The molecule has 1 fully saturated rings.